The molecule has 6 rings (SSSR count). The third kappa shape index (κ3) is 4.83. The summed E-state index contributed by atoms with van der Waals surface area (Å²) in [5, 5.41) is 8.39. The summed E-state index contributed by atoms with van der Waals surface area (Å²) in [5.74, 6) is -0.390. The highest BCUT2D eigenvalue weighted by atomic mass is 32.2. The minimum absolute atomic E-state index is 0.123. The topological polar surface area (TPSA) is 68.9 Å². The average molecular weight is 567 g/mol. The molecule has 0 saturated carbocycles. The summed E-state index contributed by atoms with van der Waals surface area (Å²) in [6, 6.07) is 27.8. The van der Waals surface area contributed by atoms with E-state index in [1.54, 1.807) is 30.3 Å². The van der Waals surface area contributed by atoms with Gasteiger partial charge in [0.05, 0.1) is 27.8 Å². The second-order valence-electron chi connectivity index (χ2n) is 10.2. The van der Waals surface area contributed by atoms with Gasteiger partial charge in [0.2, 0.25) is 0 Å². The van der Waals surface area contributed by atoms with Gasteiger partial charge in [0, 0.05) is 22.9 Å². The molecular formula is C33H31FN4O2S. The van der Waals surface area contributed by atoms with Crippen LogP contribution >= 0.6 is 0 Å². The second-order valence-corrected chi connectivity index (χ2v) is 11.9. The van der Waals surface area contributed by atoms with Crippen LogP contribution in [0, 0.1) is 12.7 Å². The molecule has 0 aliphatic carbocycles. The van der Waals surface area contributed by atoms with Crippen molar-refractivity contribution in [1.29, 1.82) is 0 Å². The number of hydrogen-bond acceptors (Lipinski definition) is 4. The van der Waals surface area contributed by atoms with E-state index < -0.39 is 10.0 Å². The Kier molecular flexibility index (Phi) is 7.19. The zero-order chi connectivity index (χ0) is 28.6. The SMILES string of the molecule is CCNCCc1ccc(Cn2c(-c3ccccc3C)c(F)c3c4cnn(S(=O)(=O)c5ccccc5)c4ccc32)cc1. The van der Waals surface area contributed by atoms with Crippen molar-refractivity contribution in [2.24, 2.45) is 0 Å². The molecular weight excluding hydrogens is 535 g/mol. The molecule has 6 aromatic rings. The van der Waals surface area contributed by atoms with Gasteiger partial charge in [0.1, 0.15) is 0 Å². The van der Waals surface area contributed by atoms with Gasteiger partial charge >= 0.3 is 0 Å². The largest absolute Gasteiger partial charge is 0.333 e. The Labute approximate surface area is 239 Å². The van der Waals surface area contributed by atoms with E-state index in [9.17, 15) is 8.42 Å². The summed E-state index contributed by atoms with van der Waals surface area (Å²) in [7, 11) is -3.96. The molecule has 0 bridgehead atoms. The number of rotatable bonds is 9. The smallest absolute Gasteiger partial charge is 0.283 e. The quantitative estimate of drug-likeness (QED) is 0.202. The number of fused-ring (bicyclic) bond motifs is 3. The summed E-state index contributed by atoms with van der Waals surface area (Å²) in [6.07, 6.45) is 2.39. The fraction of sp³-hybridized carbons (Fsp3) is 0.182. The lowest BCUT2D eigenvalue weighted by atomic mass is 10.0. The maximum Gasteiger partial charge on any atom is 0.283 e. The molecule has 0 amide bonds. The molecule has 0 atom stereocenters. The van der Waals surface area contributed by atoms with Gasteiger partial charge in [-0.15, -0.1) is 0 Å². The summed E-state index contributed by atoms with van der Waals surface area (Å²) in [5.41, 5.74) is 5.52. The third-order valence-corrected chi connectivity index (χ3v) is 9.17. The number of aromatic nitrogens is 3. The zero-order valence-corrected chi connectivity index (χ0v) is 23.8. The van der Waals surface area contributed by atoms with Crippen LogP contribution in [-0.4, -0.2) is 35.3 Å². The Morgan fingerprint density at radius 2 is 1.54 bits per heavy atom. The maximum absolute atomic E-state index is 16.6. The molecule has 2 aromatic heterocycles. The van der Waals surface area contributed by atoms with Gasteiger partial charge in [-0.1, -0.05) is 73.7 Å². The van der Waals surface area contributed by atoms with E-state index in [0.29, 0.717) is 34.0 Å². The van der Waals surface area contributed by atoms with Crippen LogP contribution in [0.5, 0.6) is 0 Å². The Hall–Kier alpha value is -4.27. The predicted octanol–water partition coefficient (Wildman–Crippen LogP) is 6.54. The van der Waals surface area contributed by atoms with Gasteiger partial charge < -0.3 is 9.88 Å². The van der Waals surface area contributed by atoms with Crippen molar-refractivity contribution >= 4 is 31.8 Å². The van der Waals surface area contributed by atoms with Crippen LogP contribution in [0.4, 0.5) is 4.39 Å². The minimum atomic E-state index is -3.96. The van der Waals surface area contributed by atoms with Gasteiger partial charge in [-0.05, 0) is 67.4 Å². The van der Waals surface area contributed by atoms with Gasteiger partial charge in [-0.25, -0.2) is 4.39 Å². The van der Waals surface area contributed by atoms with Gasteiger partial charge in [0.15, 0.2) is 5.82 Å². The van der Waals surface area contributed by atoms with E-state index in [0.717, 1.165) is 40.3 Å². The first-order valence-electron chi connectivity index (χ1n) is 13.7. The number of nitrogens with zero attached hydrogens (tertiary/aromatic N) is 3. The van der Waals surface area contributed by atoms with Crippen LogP contribution in [0.2, 0.25) is 0 Å². The lowest BCUT2D eigenvalue weighted by molar-refractivity contribution is 0.582. The molecule has 0 aliphatic rings. The number of benzene rings is 4. The zero-order valence-electron chi connectivity index (χ0n) is 23.0. The monoisotopic (exact) mass is 566 g/mol. The van der Waals surface area contributed by atoms with E-state index in [2.05, 4.69) is 41.6 Å². The number of nitrogens with one attached hydrogen (secondary N) is 1. The average Bonchev–Trinajstić information content (AvgIpc) is 3.54. The molecule has 0 aliphatic heterocycles. The van der Waals surface area contributed by atoms with Crippen molar-refractivity contribution in [3.63, 3.8) is 0 Å². The number of hydrogen-bond donors (Lipinski definition) is 1. The Morgan fingerprint density at radius 3 is 2.27 bits per heavy atom. The Balaban J connectivity index is 1.51. The Bertz CT molecular complexity index is 1960. The van der Waals surface area contributed by atoms with E-state index in [1.807, 2.05) is 35.8 Å². The normalized spacial score (nSPS) is 12.0. The molecule has 1 N–H and O–H groups in total. The molecule has 6 nitrogen and oxygen atoms in total. The van der Waals surface area contributed by atoms with E-state index in [4.69, 9.17) is 0 Å². The molecule has 0 saturated heterocycles. The van der Waals surface area contributed by atoms with Crippen molar-refractivity contribution in [2.45, 2.75) is 31.7 Å². The van der Waals surface area contributed by atoms with Crippen LogP contribution < -0.4 is 5.32 Å². The number of likely N-dealkylation sites (N-methyl/N-ethyl adjacent to an activating group) is 1. The third-order valence-electron chi connectivity index (χ3n) is 7.56. The molecule has 0 fully saturated rings. The van der Waals surface area contributed by atoms with Crippen molar-refractivity contribution in [1.82, 2.24) is 19.1 Å². The summed E-state index contributed by atoms with van der Waals surface area (Å²) in [4.78, 5) is 0.123. The highest BCUT2D eigenvalue weighted by molar-refractivity contribution is 7.90. The summed E-state index contributed by atoms with van der Waals surface area (Å²) >= 11 is 0. The van der Waals surface area contributed by atoms with Gasteiger partial charge in [0.25, 0.3) is 10.0 Å². The summed E-state index contributed by atoms with van der Waals surface area (Å²) in [6.45, 7) is 6.38. The lowest BCUT2D eigenvalue weighted by Crippen LogP contribution is -2.16. The van der Waals surface area contributed by atoms with Crippen molar-refractivity contribution in [3.05, 3.63) is 120 Å². The molecule has 0 radical (unpaired) electrons. The van der Waals surface area contributed by atoms with Gasteiger partial charge in [-0.3, -0.25) is 0 Å². The number of halogens is 1. The molecule has 8 heteroatoms. The lowest BCUT2D eigenvalue weighted by Gasteiger charge is -2.14. The van der Waals surface area contributed by atoms with Crippen LogP contribution in [-0.2, 0) is 23.0 Å². The second kappa shape index (κ2) is 11.0. The van der Waals surface area contributed by atoms with Crippen molar-refractivity contribution in [3.8, 4) is 11.3 Å². The standard InChI is InChI=1S/C33H31FN4O2S/c1-3-35-20-19-24-13-15-25(16-14-24)22-37-30-18-17-29-28(21-36-38(29)41(39,40)26-10-5-4-6-11-26)31(30)32(34)33(37)27-12-8-7-9-23(27)2/h4-18,21,35H,3,19-20,22H2,1-2H3. The van der Waals surface area contributed by atoms with Crippen molar-refractivity contribution in [2.75, 3.05) is 13.1 Å². The summed E-state index contributed by atoms with van der Waals surface area (Å²) < 4.78 is 46.5. The molecule has 0 unspecified atom stereocenters. The fourth-order valence-corrected chi connectivity index (χ4v) is 6.72. The minimum Gasteiger partial charge on any atom is -0.333 e. The maximum atomic E-state index is 16.6. The van der Waals surface area contributed by atoms with Crippen LogP contribution in [0.15, 0.2) is 102 Å². The first kappa shape index (κ1) is 26.9. The van der Waals surface area contributed by atoms with Crippen LogP contribution in [0.3, 0.4) is 0 Å². The highest BCUT2D eigenvalue weighted by Crippen LogP contribution is 2.39. The Morgan fingerprint density at radius 1 is 0.854 bits per heavy atom. The van der Waals surface area contributed by atoms with Gasteiger partial charge in [-0.2, -0.15) is 17.6 Å². The van der Waals surface area contributed by atoms with E-state index in [-0.39, 0.29) is 10.7 Å². The van der Waals surface area contributed by atoms with Crippen LogP contribution in [0.25, 0.3) is 33.1 Å². The van der Waals surface area contributed by atoms with E-state index >= 15 is 4.39 Å². The molecule has 41 heavy (non-hydrogen) atoms. The predicted molar refractivity (Wildman–Crippen MR) is 162 cm³/mol. The molecule has 4 aromatic carbocycles. The first-order chi connectivity index (χ1) is 19.9. The highest BCUT2D eigenvalue weighted by Gasteiger charge is 2.26. The number of aryl methyl sites for hydroxylation is 1. The van der Waals surface area contributed by atoms with Crippen LogP contribution in [0.1, 0.15) is 23.6 Å². The van der Waals surface area contributed by atoms with E-state index in [1.165, 1.54) is 23.9 Å². The molecule has 2 heterocycles. The molecule has 208 valence electrons. The fourth-order valence-electron chi connectivity index (χ4n) is 5.43. The first-order valence-corrected chi connectivity index (χ1v) is 15.2. The molecule has 0 spiro atoms. The van der Waals surface area contributed by atoms with Crippen molar-refractivity contribution < 1.29 is 12.8 Å².